The van der Waals surface area contributed by atoms with E-state index in [1.165, 1.54) is 6.08 Å². The summed E-state index contributed by atoms with van der Waals surface area (Å²) >= 11 is 0. The lowest BCUT2D eigenvalue weighted by Crippen LogP contribution is -2.20. The van der Waals surface area contributed by atoms with Gasteiger partial charge < -0.3 is 19.7 Å². The van der Waals surface area contributed by atoms with Crippen LogP contribution in [0, 0.1) is 5.92 Å². The minimum atomic E-state index is -0.525. The molecule has 0 amide bonds. The van der Waals surface area contributed by atoms with E-state index in [9.17, 15) is 9.59 Å². The van der Waals surface area contributed by atoms with Crippen LogP contribution in [0.25, 0.3) is 0 Å². The van der Waals surface area contributed by atoms with E-state index >= 15 is 0 Å². The molecule has 2 N–H and O–H groups in total. The molecular formula is C12H16O6. The highest BCUT2D eigenvalue weighted by atomic mass is 16.5. The van der Waals surface area contributed by atoms with Crippen LogP contribution < -0.4 is 0 Å². The topological polar surface area (TPSA) is 93.1 Å². The first-order valence-electron chi connectivity index (χ1n) is 5.63. The molecule has 0 bridgehead atoms. The molecule has 0 saturated carbocycles. The average molecular weight is 256 g/mol. The predicted molar refractivity (Wildman–Crippen MR) is 61.4 cm³/mol. The zero-order valence-corrected chi connectivity index (χ0v) is 9.87. The molecule has 0 aromatic rings. The first-order valence-corrected chi connectivity index (χ1v) is 5.63. The van der Waals surface area contributed by atoms with Gasteiger partial charge in [-0.2, -0.15) is 0 Å². The Morgan fingerprint density at radius 1 is 1.22 bits per heavy atom. The van der Waals surface area contributed by atoms with Gasteiger partial charge in [-0.15, -0.1) is 0 Å². The van der Waals surface area contributed by atoms with Crippen LogP contribution in [0.1, 0.15) is 6.42 Å². The average Bonchev–Trinajstić information content (AvgIpc) is 2.42. The molecule has 0 aromatic carbocycles. The lowest BCUT2D eigenvalue weighted by Gasteiger charge is -2.14. The molecule has 6 heteroatoms. The molecule has 1 rings (SSSR count). The number of ether oxygens (including phenoxy) is 2. The maximum Gasteiger partial charge on any atom is 0.337 e. The predicted octanol–water partition coefficient (Wildman–Crippen LogP) is -0.440. The Hall–Kier alpha value is -1.66. The van der Waals surface area contributed by atoms with Crippen molar-refractivity contribution in [2.75, 3.05) is 26.4 Å². The minimum absolute atomic E-state index is 0.0295. The number of carbonyl (C=O) groups excluding carboxylic acids is 2. The molecule has 6 nitrogen and oxygen atoms in total. The molecule has 1 unspecified atom stereocenters. The first kappa shape index (κ1) is 14.4. The summed E-state index contributed by atoms with van der Waals surface area (Å²) in [5.74, 6) is -1.40. The molecule has 0 radical (unpaired) electrons. The molecule has 18 heavy (non-hydrogen) atoms. The molecule has 1 aliphatic carbocycles. The van der Waals surface area contributed by atoms with Crippen molar-refractivity contribution >= 4 is 11.9 Å². The van der Waals surface area contributed by atoms with Crippen LogP contribution in [0.5, 0.6) is 0 Å². The quantitative estimate of drug-likeness (QED) is 0.626. The fourth-order valence-electron chi connectivity index (χ4n) is 1.42. The molecule has 0 fully saturated rings. The summed E-state index contributed by atoms with van der Waals surface area (Å²) in [6.45, 7) is -0.514. The third-order valence-electron chi connectivity index (χ3n) is 2.30. The second-order valence-electron chi connectivity index (χ2n) is 3.61. The Morgan fingerprint density at radius 3 is 2.44 bits per heavy atom. The zero-order valence-electron chi connectivity index (χ0n) is 9.87. The fourth-order valence-corrected chi connectivity index (χ4v) is 1.42. The summed E-state index contributed by atoms with van der Waals surface area (Å²) in [5.41, 5.74) is 0.356. The van der Waals surface area contributed by atoms with Crippen molar-refractivity contribution in [1.29, 1.82) is 0 Å². The van der Waals surface area contributed by atoms with Crippen LogP contribution in [0.4, 0.5) is 0 Å². The Morgan fingerprint density at radius 2 is 1.89 bits per heavy atom. The lowest BCUT2D eigenvalue weighted by atomic mass is 9.97. The lowest BCUT2D eigenvalue weighted by molar-refractivity contribution is -0.148. The van der Waals surface area contributed by atoms with Gasteiger partial charge in [-0.25, -0.2) is 4.79 Å². The number of hydrogen-bond donors (Lipinski definition) is 2. The van der Waals surface area contributed by atoms with E-state index in [2.05, 4.69) is 0 Å². The number of rotatable bonds is 6. The van der Waals surface area contributed by atoms with E-state index in [1.54, 1.807) is 12.2 Å². The summed E-state index contributed by atoms with van der Waals surface area (Å²) < 4.78 is 9.51. The molecule has 0 aromatic heterocycles. The SMILES string of the molecule is O=C(OCCO)C1=CCC(C(=O)OCCO)C=C1. The summed E-state index contributed by atoms with van der Waals surface area (Å²) in [5, 5.41) is 17.0. The second kappa shape index (κ2) is 7.62. The number of carbonyl (C=O) groups is 2. The summed E-state index contributed by atoms with van der Waals surface area (Å²) in [7, 11) is 0. The van der Waals surface area contributed by atoms with E-state index < -0.39 is 17.9 Å². The number of esters is 2. The van der Waals surface area contributed by atoms with Crippen molar-refractivity contribution in [3.8, 4) is 0 Å². The Balaban J connectivity index is 2.43. The summed E-state index contributed by atoms with van der Waals surface area (Å²) in [4.78, 5) is 22.8. The van der Waals surface area contributed by atoms with Gasteiger partial charge in [0.05, 0.1) is 24.7 Å². The van der Waals surface area contributed by atoms with Gasteiger partial charge in [0, 0.05) is 0 Å². The highest BCUT2D eigenvalue weighted by Crippen LogP contribution is 2.18. The molecule has 0 heterocycles. The van der Waals surface area contributed by atoms with Crippen LogP contribution in [0.3, 0.4) is 0 Å². The van der Waals surface area contributed by atoms with Gasteiger partial charge in [0.15, 0.2) is 0 Å². The number of aliphatic hydroxyl groups excluding tert-OH is 2. The molecule has 0 spiro atoms. The van der Waals surface area contributed by atoms with Gasteiger partial charge in [-0.3, -0.25) is 4.79 Å². The van der Waals surface area contributed by atoms with Crippen LogP contribution in [-0.2, 0) is 19.1 Å². The first-order chi connectivity index (χ1) is 8.69. The van der Waals surface area contributed by atoms with E-state index in [4.69, 9.17) is 19.7 Å². The molecule has 100 valence electrons. The molecule has 0 aliphatic heterocycles. The van der Waals surface area contributed by atoms with Crippen molar-refractivity contribution in [3.63, 3.8) is 0 Å². The van der Waals surface area contributed by atoms with Crippen LogP contribution in [0.2, 0.25) is 0 Å². The van der Waals surface area contributed by atoms with E-state index in [0.29, 0.717) is 12.0 Å². The van der Waals surface area contributed by atoms with E-state index in [-0.39, 0.29) is 26.4 Å². The van der Waals surface area contributed by atoms with Crippen LogP contribution in [0.15, 0.2) is 23.8 Å². The largest absolute Gasteiger partial charge is 0.463 e. The van der Waals surface area contributed by atoms with Crippen molar-refractivity contribution in [2.24, 2.45) is 5.92 Å². The van der Waals surface area contributed by atoms with Gasteiger partial charge >= 0.3 is 11.9 Å². The van der Waals surface area contributed by atoms with Crippen molar-refractivity contribution in [1.82, 2.24) is 0 Å². The van der Waals surface area contributed by atoms with Gasteiger partial charge in [-0.05, 0) is 6.42 Å². The van der Waals surface area contributed by atoms with Crippen LogP contribution in [-0.4, -0.2) is 48.6 Å². The highest BCUT2D eigenvalue weighted by Gasteiger charge is 2.21. The molecule has 1 aliphatic rings. The number of allylic oxidation sites excluding steroid dienone is 1. The van der Waals surface area contributed by atoms with Crippen molar-refractivity contribution in [2.45, 2.75) is 6.42 Å². The van der Waals surface area contributed by atoms with E-state index in [0.717, 1.165) is 0 Å². The maximum absolute atomic E-state index is 11.4. The van der Waals surface area contributed by atoms with Crippen LogP contribution >= 0.6 is 0 Å². The summed E-state index contributed by atoms with van der Waals surface area (Å²) in [6, 6.07) is 0. The number of aliphatic hydroxyl groups is 2. The van der Waals surface area contributed by atoms with Gasteiger partial charge in [0.2, 0.25) is 0 Å². The Kier molecular flexibility index (Phi) is 6.10. The Bertz CT molecular complexity index is 358. The second-order valence-corrected chi connectivity index (χ2v) is 3.61. The maximum atomic E-state index is 11.4. The third kappa shape index (κ3) is 4.31. The molecular weight excluding hydrogens is 240 g/mol. The van der Waals surface area contributed by atoms with Gasteiger partial charge in [0.1, 0.15) is 13.2 Å². The third-order valence-corrected chi connectivity index (χ3v) is 2.30. The smallest absolute Gasteiger partial charge is 0.337 e. The Labute approximate surface area is 105 Å². The standard InChI is InChI=1S/C12H16O6/c13-5-7-17-11(15)9-1-2-10(4-3-9)12(16)18-8-6-14/h1-3,10,13-14H,4-8H2. The fraction of sp³-hybridized carbons (Fsp3) is 0.500. The molecule has 1 atom stereocenters. The van der Waals surface area contributed by atoms with Gasteiger partial charge in [0.25, 0.3) is 0 Å². The van der Waals surface area contributed by atoms with Crippen molar-refractivity contribution in [3.05, 3.63) is 23.8 Å². The van der Waals surface area contributed by atoms with Gasteiger partial charge in [-0.1, -0.05) is 18.2 Å². The zero-order chi connectivity index (χ0) is 13.4. The number of hydrogen-bond acceptors (Lipinski definition) is 6. The molecule has 0 saturated heterocycles. The summed E-state index contributed by atoms with van der Waals surface area (Å²) in [6.07, 6.45) is 5.00. The normalized spacial score (nSPS) is 18.1. The minimum Gasteiger partial charge on any atom is -0.463 e. The van der Waals surface area contributed by atoms with Crippen molar-refractivity contribution < 1.29 is 29.3 Å². The monoisotopic (exact) mass is 256 g/mol. The highest BCUT2D eigenvalue weighted by molar-refractivity contribution is 5.92. The van der Waals surface area contributed by atoms with E-state index in [1.807, 2.05) is 0 Å².